The maximum absolute atomic E-state index is 4.44. The van der Waals surface area contributed by atoms with Gasteiger partial charge in [0.15, 0.2) is 0 Å². The molecule has 0 atom stereocenters. The average Bonchev–Trinajstić information content (AvgIpc) is 3.20. The van der Waals surface area contributed by atoms with Crippen molar-refractivity contribution < 1.29 is 0 Å². The monoisotopic (exact) mass is 259 g/mol. The quantitative estimate of drug-likeness (QED) is 0.727. The van der Waals surface area contributed by atoms with E-state index in [9.17, 15) is 0 Å². The molecule has 0 aliphatic heterocycles. The Kier molecular flexibility index (Phi) is 4.97. The third kappa shape index (κ3) is 4.35. The Bertz CT molecular complexity index is 410. The van der Waals surface area contributed by atoms with Gasteiger partial charge in [-0.2, -0.15) is 0 Å². The van der Waals surface area contributed by atoms with Gasteiger partial charge < -0.3 is 10.2 Å². The number of aromatic nitrogens is 1. The molecule has 0 amide bonds. The maximum Gasteiger partial charge on any atom is 0.0562 e. The molecule has 1 aromatic heterocycles. The average molecular weight is 259 g/mol. The van der Waals surface area contributed by atoms with Crippen molar-refractivity contribution >= 4 is 5.69 Å². The molecule has 2 rings (SSSR count). The van der Waals surface area contributed by atoms with Crippen LogP contribution in [0.1, 0.15) is 32.4 Å². The van der Waals surface area contributed by atoms with Gasteiger partial charge in [0.05, 0.1) is 5.69 Å². The number of nitrogens with zero attached hydrogens (tertiary/aromatic N) is 2. The summed E-state index contributed by atoms with van der Waals surface area (Å²) in [6, 6.07) is 5.01. The molecule has 1 aliphatic rings. The molecule has 0 spiro atoms. The first-order valence-corrected chi connectivity index (χ1v) is 7.24. The van der Waals surface area contributed by atoms with Crippen molar-refractivity contribution in [3.8, 4) is 0 Å². The fourth-order valence-corrected chi connectivity index (χ4v) is 2.22. The summed E-state index contributed by atoms with van der Waals surface area (Å²) < 4.78 is 0. The van der Waals surface area contributed by atoms with Crippen molar-refractivity contribution in [2.75, 3.05) is 18.0 Å². The highest BCUT2D eigenvalue weighted by molar-refractivity contribution is 5.49. The molecule has 104 valence electrons. The summed E-state index contributed by atoms with van der Waals surface area (Å²) >= 11 is 0. The van der Waals surface area contributed by atoms with Gasteiger partial charge in [0, 0.05) is 31.0 Å². The molecule has 3 nitrogen and oxygen atoms in total. The van der Waals surface area contributed by atoms with Crippen molar-refractivity contribution in [2.45, 2.75) is 39.3 Å². The normalized spacial score (nSPS) is 14.7. The molecule has 1 saturated carbocycles. The van der Waals surface area contributed by atoms with Crippen LogP contribution < -0.4 is 10.2 Å². The maximum atomic E-state index is 4.44. The van der Waals surface area contributed by atoms with Crippen molar-refractivity contribution in [1.82, 2.24) is 10.3 Å². The van der Waals surface area contributed by atoms with Crippen LogP contribution in [-0.2, 0) is 6.54 Å². The Morgan fingerprint density at radius 1 is 1.53 bits per heavy atom. The smallest absolute Gasteiger partial charge is 0.0562 e. The van der Waals surface area contributed by atoms with Crippen molar-refractivity contribution in [3.05, 3.63) is 36.7 Å². The molecule has 0 aromatic carbocycles. The highest BCUT2D eigenvalue weighted by atomic mass is 15.2. The lowest BCUT2D eigenvalue weighted by Gasteiger charge is -2.23. The summed E-state index contributed by atoms with van der Waals surface area (Å²) in [5.41, 5.74) is 2.40. The predicted molar refractivity (Wildman–Crippen MR) is 81.3 cm³/mol. The number of pyridine rings is 1. The van der Waals surface area contributed by atoms with Crippen LogP contribution in [0.5, 0.6) is 0 Å². The minimum atomic E-state index is 0.673. The fraction of sp³-hybridized carbons (Fsp3) is 0.562. The van der Waals surface area contributed by atoms with E-state index in [1.54, 1.807) is 0 Å². The first kappa shape index (κ1) is 14.1. The van der Waals surface area contributed by atoms with E-state index >= 15 is 0 Å². The van der Waals surface area contributed by atoms with Gasteiger partial charge in [0.1, 0.15) is 0 Å². The van der Waals surface area contributed by atoms with E-state index in [2.05, 4.69) is 47.8 Å². The largest absolute Gasteiger partial charge is 0.365 e. The Morgan fingerprint density at radius 3 is 2.95 bits per heavy atom. The zero-order valence-corrected chi connectivity index (χ0v) is 12.1. The van der Waals surface area contributed by atoms with E-state index < -0.39 is 0 Å². The number of hydrogen-bond donors (Lipinski definition) is 1. The minimum absolute atomic E-state index is 0.673. The SMILES string of the molecule is C=CCN(c1ccnc(CNCC(C)C)c1)C1CC1. The minimum Gasteiger partial charge on any atom is -0.365 e. The molecule has 1 aromatic rings. The molecule has 19 heavy (non-hydrogen) atoms. The first-order chi connectivity index (χ1) is 9.20. The standard InChI is InChI=1S/C16H25N3/c1-4-9-19(15-5-6-15)16-7-8-18-14(10-16)12-17-11-13(2)3/h4,7-8,10,13,15,17H,1,5-6,9,11-12H2,2-3H3. The number of rotatable bonds is 8. The van der Waals surface area contributed by atoms with Gasteiger partial charge in [-0.3, -0.25) is 4.98 Å². The Hall–Kier alpha value is -1.35. The molecular weight excluding hydrogens is 234 g/mol. The first-order valence-electron chi connectivity index (χ1n) is 7.24. The van der Waals surface area contributed by atoms with E-state index in [1.165, 1.54) is 18.5 Å². The third-order valence-corrected chi connectivity index (χ3v) is 3.30. The van der Waals surface area contributed by atoms with Crippen LogP contribution in [0.4, 0.5) is 5.69 Å². The molecular formula is C16H25N3. The number of hydrogen-bond acceptors (Lipinski definition) is 3. The van der Waals surface area contributed by atoms with Gasteiger partial charge in [0.25, 0.3) is 0 Å². The summed E-state index contributed by atoms with van der Waals surface area (Å²) in [4.78, 5) is 6.87. The molecule has 1 N–H and O–H groups in total. The Morgan fingerprint density at radius 2 is 2.32 bits per heavy atom. The second-order valence-electron chi connectivity index (χ2n) is 5.70. The summed E-state index contributed by atoms with van der Waals surface area (Å²) in [5.74, 6) is 0.673. The lowest BCUT2D eigenvalue weighted by Crippen LogP contribution is -2.26. The van der Waals surface area contributed by atoms with Crippen LogP contribution >= 0.6 is 0 Å². The third-order valence-electron chi connectivity index (χ3n) is 3.30. The summed E-state index contributed by atoms with van der Waals surface area (Å²) in [5, 5.41) is 3.44. The Balaban J connectivity index is 1.98. The lowest BCUT2D eigenvalue weighted by atomic mass is 10.2. The summed E-state index contributed by atoms with van der Waals surface area (Å²) in [6.45, 7) is 11.1. The van der Waals surface area contributed by atoms with Crippen molar-refractivity contribution in [3.63, 3.8) is 0 Å². The van der Waals surface area contributed by atoms with E-state index in [0.29, 0.717) is 12.0 Å². The highest BCUT2D eigenvalue weighted by Gasteiger charge is 2.28. The topological polar surface area (TPSA) is 28.2 Å². The molecule has 3 heteroatoms. The van der Waals surface area contributed by atoms with Crippen LogP contribution in [-0.4, -0.2) is 24.1 Å². The number of anilines is 1. The molecule has 0 saturated heterocycles. The lowest BCUT2D eigenvalue weighted by molar-refractivity contribution is 0.548. The predicted octanol–water partition coefficient (Wildman–Crippen LogP) is 2.98. The second-order valence-corrected chi connectivity index (χ2v) is 5.70. The molecule has 1 fully saturated rings. The van der Waals surface area contributed by atoms with Gasteiger partial charge in [-0.15, -0.1) is 6.58 Å². The van der Waals surface area contributed by atoms with E-state index in [0.717, 1.165) is 25.3 Å². The van der Waals surface area contributed by atoms with Crippen molar-refractivity contribution in [1.29, 1.82) is 0 Å². The van der Waals surface area contributed by atoms with Crippen LogP contribution in [0.3, 0.4) is 0 Å². The van der Waals surface area contributed by atoms with Crippen molar-refractivity contribution in [2.24, 2.45) is 5.92 Å². The zero-order chi connectivity index (χ0) is 13.7. The fourth-order valence-electron chi connectivity index (χ4n) is 2.22. The van der Waals surface area contributed by atoms with Gasteiger partial charge in [-0.05, 0) is 37.4 Å². The van der Waals surface area contributed by atoms with E-state index in [1.807, 2.05) is 12.3 Å². The van der Waals surface area contributed by atoms with E-state index in [4.69, 9.17) is 0 Å². The van der Waals surface area contributed by atoms with Crippen LogP contribution in [0.15, 0.2) is 31.0 Å². The van der Waals surface area contributed by atoms with Crippen LogP contribution in [0.25, 0.3) is 0 Å². The second kappa shape index (κ2) is 6.71. The molecule has 0 radical (unpaired) electrons. The van der Waals surface area contributed by atoms with Gasteiger partial charge in [-0.25, -0.2) is 0 Å². The van der Waals surface area contributed by atoms with Gasteiger partial charge >= 0.3 is 0 Å². The summed E-state index contributed by atoms with van der Waals surface area (Å²) in [6.07, 6.45) is 6.50. The van der Waals surface area contributed by atoms with Gasteiger partial charge in [0.2, 0.25) is 0 Å². The number of nitrogens with one attached hydrogen (secondary N) is 1. The molecule has 1 heterocycles. The highest BCUT2D eigenvalue weighted by Crippen LogP contribution is 2.31. The Labute approximate surface area is 116 Å². The molecule has 1 aliphatic carbocycles. The zero-order valence-electron chi connectivity index (χ0n) is 12.1. The van der Waals surface area contributed by atoms with Gasteiger partial charge in [-0.1, -0.05) is 19.9 Å². The molecule has 0 unspecified atom stereocenters. The molecule has 0 bridgehead atoms. The van der Waals surface area contributed by atoms with Crippen LogP contribution in [0.2, 0.25) is 0 Å². The van der Waals surface area contributed by atoms with Crippen LogP contribution in [0, 0.1) is 5.92 Å². The van der Waals surface area contributed by atoms with E-state index in [-0.39, 0.29) is 0 Å². The summed E-state index contributed by atoms with van der Waals surface area (Å²) in [7, 11) is 0.